The molecule has 0 saturated carbocycles. The van der Waals surface area contributed by atoms with Crippen LogP contribution in [-0.4, -0.2) is 30.6 Å². The Morgan fingerprint density at radius 2 is 1.03 bits per heavy atom. The molecule has 0 bridgehead atoms. The van der Waals surface area contributed by atoms with Crippen LogP contribution in [0.2, 0.25) is 0 Å². The molecule has 0 radical (unpaired) electrons. The van der Waals surface area contributed by atoms with Gasteiger partial charge in [-0.15, -0.1) is 0 Å². The molecule has 0 amide bonds. The number of hydrogen-bond donors (Lipinski definition) is 6. The van der Waals surface area contributed by atoms with Gasteiger partial charge in [-0.2, -0.15) is 0 Å². The van der Waals surface area contributed by atoms with Gasteiger partial charge in [0.15, 0.2) is 23.0 Å². The average Bonchev–Trinajstić information content (AvgIpc) is 2.71. The predicted octanol–water partition coefficient (Wildman–Crippen LogP) is 4.26. The molecule has 6 nitrogen and oxygen atoms in total. The summed E-state index contributed by atoms with van der Waals surface area (Å²) in [5, 5.41) is 60.8. The zero-order chi connectivity index (χ0) is 21.4. The first kappa shape index (κ1) is 19.3. The normalized spacial score (nSPS) is 11.1. The van der Waals surface area contributed by atoms with Gasteiger partial charge in [0.2, 0.25) is 0 Å². The first-order valence-corrected chi connectivity index (χ1v) is 9.30. The molecule has 30 heavy (non-hydrogen) atoms. The largest absolute Gasteiger partial charge is 0.508 e. The van der Waals surface area contributed by atoms with E-state index in [0.717, 1.165) is 10.9 Å². The number of benzene rings is 4. The maximum Gasteiger partial charge on any atom is 0.157 e. The molecule has 6 N–H and O–H groups in total. The summed E-state index contributed by atoms with van der Waals surface area (Å²) in [6, 6.07) is 15.7. The second-order valence-corrected chi connectivity index (χ2v) is 7.26. The molecule has 0 atom stereocenters. The van der Waals surface area contributed by atoms with Crippen molar-refractivity contribution in [2.45, 2.75) is 12.8 Å². The lowest BCUT2D eigenvalue weighted by molar-refractivity contribution is 0.403. The van der Waals surface area contributed by atoms with Crippen molar-refractivity contribution in [3.63, 3.8) is 0 Å². The molecule has 4 aromatic rings. The fraction of sp³-hybridized carbons (Fsp3) is 0.0833. The lowest BCUT2D eigenvalue weighted by Crippen LogP contribution is -1.94. The molecule has 152 valence electrons. The maximum atomic E-state index is 10.6. The minimum atomic E-state index is -0.241. The molecule has 0 aliphatic carbocycles. The fourth-order valence-corrected chi connectivity index (χ4v) is 3.57. The SMILES string of the molecule is Oc1ccc(Cc2cc3ccc(O)c(Cc4ccc(O)c(O)c4)c3cc2O)cc1O. The molecule has 0 saturated heterocycles. The number of aromatic hydroxyl groups is 6. The molecule has 0 heterocycles. The molecule has 6 heteroatoms. The van der Waals surface area contributed by atoms with Crippen LogP contribution in [0.5, 0.6) is 34.5 Å². The van der Waals surface area contributed by atoms with Crippen LogP contribution < -0.4 is 0 Å². The predicted molar refractivity (Wildman–Crippen MR) is 112 cm³/mol. The Labute approximate surface area is 172 Å². The zero-order valence-electron chi connectivity index (χ0n) is 15.9. The average molecular weight is 404 g/mol. The summed E-state index contributed by atoms with van der Waals surface area (Å²) in [6.07, 6.45) is 0.638. The summed E-state index contributed by atoms with van der Waals surface area (Å²) < 4.78 is 0. The second kappa shape index (κ2) is 7.40. The Morgan fingerprint density at radius 1 is 0.467 bits per heavy atom. The molecule has 0 spiro atoms. The number of phenols is 6. The molecule has 0 unspecified atom stereocenters. The van der Waals surface area contributed by atoms with E-state index < -0.39 is 0 Å². The van der Waals surface area contributed by atoms with Crippen LogP contribution in [0.3, 0.4) is 0 Å². The van der Waals surface area contributed by atoms with Gasteiger partial charge in [-0.05, 0) is 69.9 Å². The van der Waals surface area contributed by atoms with Gasteiger partial charge in [0.05, 0.1) is 0 Å². The van der Waals surface area contributed by atoms with Crippen LogP contribution in [0.4, 0.5) is 0 Å². The monoisotopic (exact) mass is 404 g/mol. The summed E-state index contributed by atoms with van der Waals surface area (Å²) in [6.45, 7) is 0. The van der Waals surface area contributed by atoms with Crippen LogP contribution in [-0.2, 0) is 12.8 Å². The number of rotatable bonds is 4. The van der Waals surface area contributed by atoms with E-state index in [1.165, 1.54) is 24.3 Å². The minimum Gasteiger partial charge on any atom is -0.508 e. The highest BCUT2D eigenvalue weighted by Crippen LogP contribution is 2.36. The van der Waals surface area contributed by atoms with E-state index in [9.17, 15) is 30.6 Å². The molecule has 0 aromatic heterocycles. The third-order valence-corrected chi connectivity index (χ3v) is 5.16. The highest BCUT2D eigenvalue weighted by molar-refractivity contribution is 5.90. The standard InChI is InChI=1S/C24H20O6/c25-19-6-3-15-11-16(7-13-1-4-20(26)23(29)9-13)22(28)12-17(15)18(19)8-14-2-5-21(27)24(30)10-14/h1-6,9-12,25-30H,7-8H2. The van der Waals surface area contributed by atoms with Crippen molar-refractivity contribution in [1.29, 1.82) is 0 Å². The summed E-state index contributed by atoms with van der Waals surface area (Å²) in [5.41, 5.74) is 2.63. The van der Waals surface area contributed by atoms with Gasteiger partial charge in [-0.1, -0.05) is 18.2 Å². The first-order chi connectivity index (χ1) is 14.3. The Balaban J connectivity index is 1.74. The molecule has 0 aliphatic heterocycles. The summed E-state index contributed by atoms with van der Waals surface area (Å²) in [5.74, 6) is -0.793. The second-order valence-electron chi connectivity index (χ2n) is 7.26. The van der Waals surface area contributed by atoms with Gasteiger partial charge in [-0.25, -0.2) is 0 Å². The lowest BCUT2D eigenvalue weighted by atomic mass is 9.94. The Morgan fingerprint density at radius 3 is 1.63 bits per heavy atom. The van der Waals surface area contributed by atoms with Gasteiger partial charge in [0.1, 0.15) is 11.5 Å². The van der Waals surface area contributed by atoms with E-state index in [2.05, 4.69) is 0 Å². The van der Waals surface area contributed by atoms with E-state index in [4.69, 9.17) is 0 Å². The Hall–Kier alpha value is -4.06. The van der Waals surface area contributed by atoms with Gasteiger partial charge >= 0.3 is 0 Å². The maximum absolute atomic E-state index is 10.6. The van der Waals surface area contributed by atoms with Gasteiger partial charge in [0, 0.05) is 18.4 Å². The van der Waals surface area contributed by atoms with Crippen LogP contribution in [0.1, 0.15) is 22.3 Å². The topological polar surface area (TPSA) is 121 Å². The third kappa shape index (κ3) is 3.63. The molecular weight excluding hydrogens is 384 g/mol. The fourth-order valence-electron chi connectivity index (χ4n) is 3.57. The zero-order valence-corrected chi connectivity index (χ0v) is 15.9. The molecule has 0 aliphatic rings. The van der Waals surface area contributed by atoms with Gasteiger partial charge in [0.25, 0.3) is 0 Å². The van der Waals surface area contributed by atoms with Crippen molar-refractivity contribution in [1.82, 2.24) is 0 Å². The summed E-state index contributed by atoms with van der Waals surface area (Å²) in [7, 11) is 0. The van der Waals surface area contributed by atoms with Crippen LogP contribution in [0.25, 0.3) is 10.8 Å². The van der Waals surface area contributed by atoms with E-state index in [-0.39, 0.29) is 34.5 Å². The lowest BCUT2D eigenvalue weighted by Gasteiger charge is -2.13. The smallest absolute Gasteiger partial charge is 0.157 e. The number of fused-ring (bicyclic) bond motifs is 1. The van der Waals surface area contributed by atoms with Crippen molar-refractivity contribution in [3.05, 3.63) is 82.9 Å². The van der Waals surface area contributed by atoms with E-state index >= 15 is 0 Å². The molecule has 0 fully saturated rings. The Kier molecular flexibility index (Phi) is 4.75. The van der Waals surface area contributed by atoms with Crippen molar-refractivity contribution in [3.8, 4) is 34.5 Å². The van der Waals surface area contributed by atoms with Gasteiger partial charge in [-0.3, -0.25) is 0 Å². The molecule has 4 aromatic carbocycles. The highest BCUT2D eigenvalue weighted by atomic mass is 16.3. The number of phenolic OH excluding ortho intramolecular Hbond substituents is 6. The molecule has 4 rings (SSSR count). The molecular formula is C24H20O6. The van der Waals surface area contributed by atoms with Gasteiger partial charge < -0.3 is 30.6 Å². The van der Waals surface area contributed by atoms with Crippen molar-refractivity contribution in [2.24, 2.45) is 0 Å². The van der Waals surface area contributed by atoms with Crippen LogP contribution in [0.15, 0.2) is 60.7 Å². The minimum absolute atomic E-state index is 0.0375. The van der Waals surface area contributed by atoms with Crippen molar-refractivity contribution in [2.75, 3.05) is 0 Å². The number of hydrogen-bond acceptors (Lipinski definition) is 6. The van der Waals surface area contributed by atoms with E-state index in [1.807, 2.05) is 6.07 Å². The summed E-state index contributed by atoms with van der Waals surface area (Å²) >= 11 is 0. The third-order valence-electron chi connectivity index (χ3n) is 5.16. The van der Waals surface area contributed by atoms with E-state index in [1.54, 1.807) is 30.3 Å². The van der Waals surface area contributed by atoms with E-state index in [0.29, 0.717) is 34.9 Å². The first-order valence-electron chi connectivity index (χ1n) is 9.30. The van der Waals surface area contributed by atoms with Crippen LogP contribution >= 0.6 is 0 Å². The summed E-state index contributed by atoms with van der Waals surface area (Å²) in [4.78, 5) is 0. The quantitative estimate of drug-likeness (QED) is 0.283. The van der Waals surface area contributed by atoms with Crippen LogP contribution in [0, 0.1) is 0 Å². The highest BCUT2D eigenvalue weighted by Gasteiger charge is 2.13. The van der Waals surface area contributed by atoms with Crippen molar-refractivity contribution < 1.29 is 30.6 Å². The Bertz CT molecular complexity index is 1260. The van der Waals surface area contributed by atoms with Crippen molar-refractivity contribution >= 4 is 10.8 Å².